The SMILES string of the molecule is CN=C(NCCNS(=O)(=O)c1cccnc1)NCc1cc(OC)c(OC)c(OC)c1.I. The summed E-state index contributed by atoms with van der Waals surface area (Å²) in [6.45, 7) is 0.967. The number of hydrogen-bond donors (Lipinski definition) is 3. The molecule has 0 saturated heterocycles. The molecule has 3 N–H and O–H groups in total. The second-order valence-electron chi connectivity index (χ2n) is 5.97. The Morgan fingerprint density at radius 3 is 2.26 bits per heavy atom. The third-order valence-corrected chi connectivity index (χ3v) is 5.51. The van der Waals surface area contributed by atoms with Gasteiger partial charge in [-0.2, -0.15) is 0 Å². The van der Waals surface area contributed by atoms with Crippen LogP contribution in [0.15, 0.2) is 46.5 Å². The molecule has 0 aliphatic heterocycles. The van der Waals surface area contributed by atoms with Gasteiger partial charge in [0.05, 0.1) is 21.3 Å². The first kappa shape index (κ1) is 26.7. The zero-order chi connectivity index (χ0) is 22.0. The number of benzene rings is 1. The Kier molecular flexibility index (Phi) is 11.3. The molecule has 0 fully saturated rings. The lowest BCUT2D eigenvalue weighted by Gasteiger charge is -2.16. The van der Waals surface area contributed by atoms with Gasteiger partial charge in [-0.3, -0.25) is 9.98 Å². The molecule has 0 atom stereocenters. The van der Waals surface area contributed by atoms with E-state index in [1.54, 1.807) is 34.4 Å². The Morgan fingerprint density at radius 1 is 1.06 bits per heavy atom. The van der Waals surface area contributed by atoms with Gasteiger partial charge < -0.3 is 24.8 Å². The predicted molar refractivity (Wildman–Crippen MR) is 129 cm³/mol. The summed E-state index contributed by atoms with van der Waals surface area (Å²) in [5.41, 5.74) is 0.893. The van der Waals surface area contributed by atoms with Crippen LogP contribution in [0.2, 0.25) is 0 Å². The van der Waals surface area contributed by atoms with E-state index in [0.29, 0.717) is 36.3 Å². The molecule has 12 heteroatoms. The first-order valence-corrected chi connectivity index (χ1v) is 10.6. The highest BCUT2D eigenvalue weighted by Crippen LogP contribution is 2.38. The minimum absolute atomic E-state index is 0. The van der Waals surface area contributed by atoms with E-state index in [2.05, 4.69) is 25.3 Å². The van der Waals surface area contributed by atoms with E-state index in [0.717, 1.165) is 5.56 Å². The highest BCUT2D eigenvalue weighted by Gasteiger charge is 2.14. The maximum atomic E-state index is 12.2. The third-order valence-electron chi connectivity index (χ3n) is 4.06. The molecule has 1 aromatic heterocycles. The van der Waals surface area contributed by atoms with Crippen LogP contribution in [0.4, 0.5) is 0 Å². The van der Waals surface area contributed by atoms with Crippen molar-refractivity contribution in [1.82, 2.24) is 20.3 Å². The largest absolute Gasteiger partial charge is 0.493 e. The second kappa shape index (κ2) is 13.2. The average Bonchev–Trinajstić information content (AvgIpc) is 2.78. The number of halogens is 1. The number of pyridine rings is 1. The lowest BCUT2D eigenvalue weighted by atomic mass is 10.2. The summed E-state index contributed by atoms with van der Waals surface area (Å²) in [4.78, 5) is 8.07. The van der Waals surface area contributed by atoms with Gasteiger partial charge in [0.25, 0.3) is 0 Å². The molecule has 0 aliphatic carbocycles. The summed E-state index contributed by atoms with van der Waals surface area (Å²) >= 11 is 0. The monoisotopic (exact) mass is 565 g/mol. The van der Waals surface area contributed by atoms with Crippen LogP contribution in [-0.2, 0) is 16.6 Å². The van der Waals surface area contributed by atoms with Crippen molar-refractivity contribution in [3.63, 3.8) is 0 Å². The van der Waals surface area contributed by atoms with Crippen LogP contribution < -0.4 is 29.6 Å². The Labute approximate surface area is 199 Å². The zero-order valence-electron chi connectivity index (χ0n) is 17.8. The maximum absolute atomic E-state index is 12.2. The first-order valence-electron chi connectivity index (χ1n) is 9.08. The van der Waals surface area contributed by atoms with E-state index in [-0.39, 0.29) is 35.4 Å². The molecule has 2 rings (SSSR count). The van der Waals surface area contributed by atoms with Crippen LogP contribution in [0.1, 0.15) is 5.56 Å². The van der Waals surface area contributed by atoms with Crippen molar-refractivity contribution in [3.05, 3.63) is 42.2 Å². The van der Waals surface area contributed by atoms with Crippen molar-refractivity contribution in [1.29, 1.82) is 0 Å². The minimum atomic E-state index is -3.59. The van der Waals surface area contributed by atoms with Gasteiger partial charge in [-0.1, -0.05) is 0 Å². The highest BCUT2D eigenvalue weighted by atomic mass is 127. The fourth-order valence-corrected chi connectivity index (χ4v) is 3.59. The molecule has 0 unspecified atom stereocenters. The maximum Gasteiger partial charge on any atom is 0.242 e. The van der Waals surface area contributed by atoms with Crippen LogP contribution in [-0.4, -0.2) is 60.8 Å². The molecule has 2 aromatic rings. The van der Waals surface area contributed by atoms with E-state index < -0.39 is 10.0 Å². The molecule has 172 valence electrons. The molecule has 10 nitrogen and oxygen atoms in total. The van der Waals surface area contributed by atoms with Gasteiger partial charge in [0.15, 0.2) is 17.5 Å². The van der Waals surface area contributed by atoms with E-state index in [1.807, 2.05) is 12.1 Å². The molecule has 0 amide bonds. The predicted octanol–water partition coefficient (Wildman–Crippen LogP) is 1.37. The van der Waals surface area contributed by atoms with Crippen LogP contribution in [0.5, 0.6) is 17.2 Å². The molecule has 31 heavy (non-hydrogen) atoms. The fraction of sp³-hybridized carbons (Fsp3) is 0.368. The van der Waals surface area contributed by atoms with Crippen molar-refractivity contribution >= 4 is 40.0 Å². The smallest absolute Gasteiger partial charge is 0.242 e. The zero-order valence-corrected chi connectivity index (χ0v) is 21.0. The summed E-state index contributed by atoms with van der Waals surface area (Å²) in [5.74, 6) is 2.15. The van der Waals surface area contributed by atoms with Crippen LogP contribution in [0.25, 0.3) is 0 Å². The second-order valence-corrected chi connectivity index (χ2v) is 7.74. The molecule has 1 aromatic carbocycles. The number of hydrogen-bond acceptors (Lipinski definition) is 7. The van der Waals surface area contributed by atoms with Gasteiger partial charge in [0, 0.05) is 39.1 Å². The van der Waals surface area contributed by atoms with Gasteiger partial charge in [0.2, 0.25) is 15.8 Å². The van der Waals surface area contributed by atoms with Crippen LogP contribution >= 0.6 is 24.0 Å². The molecule has 0 radical (unpaired) electrons. The molecule has 0 spiro atoms. The summed E-state index contributed by atoms with van der Waals surface area (Å²) in [6, 6.07) is 6.73. The quantitative estimate of drug-likeness (QED) is 0.171. The standard InChI is InChI=1S/C19H27N5O5S.HI/c1-20-19(22-8-9-24-30(25,26)15-6-5-7-21-13-15)23-12-14-10-16(27-2)18(29-4)17(11-14)28-3;/h5-7,10-11,13,24H,8-9,12H2,1-4H3,(H2,20,22,23);1H. The number of guanidine groups is 1. The number of methoxy groups -OCH3 is 3. The van der Waals surface area contributed by atoms with Gasteiger partial charge >= 0.3 is 0 Å². The molecule has 0 saturated carbocycles. The molecular formula is C19H28IN5O5S. The van der Waals surface area contributed by atoms with E-state index in [4.69, 9.17) is 14.2 Å². The minimum Gasteiger partial charge on any atom is -0.493 e. The lowest BCUT2D eigenvalue weighted by Crippen LogP contribution is -2.41. The van der Waals surface area contributed by atoms with Crippen molar-refractivity contribution in [2.45, 2.75) is 11.4 Å². The number of sulfonamides is 1. The number of rotatable bonds is 10. The fourth-order valence-electron chi connectivity index (χ4n) is 2.60. The topological polar surface area (TPSA) is 123 Å². The van der Waals surface area contributed by atoms with Crippen molar-refractivity contribution in [3.8, 4) is 17.2 Å². The first-order chi connectivity index (χ1) is 14.4. The van der Waals surface area contributed by atoms with Gasteiger partial charge in [-0.05, 0) is 29.8 Å². The number of nitrogens with zero attached hydrogens (tertiary/aromatic N) is 2. The highest BCUT2D eigenvalue weighted by molar-refractivity contribution is 14.0. The van der Waals surface area contributed by atoms with E-state index >= 15 is 0 Å². The Morgan fingerprint density at radius 2 is 1.74 bits per heavy atom. The van der Waals surface area contributed by atoms with Crippen molar-refractivity contribution < 1.29 is 22.6 Å². The Balaban J connectivity index is 0.00000480. The number of ether oxygens (including phenoxy) is 3. The van der Waals surface area contributed by atoms with Gasteiger partial charge in [-0.15, -0.1) is 24.0 Å². The Bertz CT molecular complexity index is 932. The number of aliphatic imine (C=N–C) groups is 1. The normalized spacial score (nSPS) is 11.3. The summed E-state index contributed by atoms with van der Waals surface area (Å²) in [5, 5.41) is 6.21. The van der Waals surface area contributed by atoms with Gasteiger partial charge in [0.1, 0.15) is 4.90 Å². The number of aromatic nitrogens is 1. The number of nitrogens with one attached hydrogen (secondary N) is 3. The van der Waals surface area contributed by atoms with E-state index in [1.165, 1.54) is 18.5 Å². The van der Waals surface area contributed by atoms with Crippen LogP contribution in [0.3, 0.4) is 0 Å². The summed E-state index contributed by atoms with van der Waals surface area (Å²) < 4.78 is 42.9. The molecule has 0 aliphatic rings. The van der Waals surface area contributed by atoms with Crippen LogP contribution in [0, 0.1) is 0 Å². The molecule has 0 bridgehead atoms. The molecular weight excluding hydrogens is 537 g/mol. The average molecular weight is 565 g/mol. The molecule has 1 heterocycles. The Hall–Kier alpha value is -2.32. The summed E-state index contributed by atoms with van der Waals surface area (Å²) in [7, 11) is 2.70. The van der Waals surface area contributed by atoms with Crippen molar-refractivity contribution in [2.75, 3.05) is 41.5 Å². The van der Waals surface area contributed by atoms with Gasteiger partial charge in [-0.25, -0.2) is 13.1 Å². The van der Waals surface area contributed by atoms with Crippen molar-refractivity contribution in [2.24, 2.45) is 4.99 Å². The lowest BCUT2D eigenvalue weighted by molar-refractivity contribution is 0.323. The van der Waals surface area contributed by atoms with E-state index in [9.17, 15) is 8.42 Å². The summed E-state index contributed by atoms with van der Waals surface area (Å²) in [6.07, 6.45) is 2.82. The third kappa shape index (κ3) is 7.70.